The highest BCUT2D eigenvalue weighted by molar-refractivity contribution is 7.47. The van der Waals surface area contributed by atoms with Gasteiger partial charge in [0, 0.05) is 19.3 Å². The molecular formula is C79H132O17P2. The number of rotatable bonds is 69. The van der Waals surface area contributed by atoms with Crippen LogP contribution in [0.2, 0.25) is 0 Å². The van der Waals surface area contributed by atoms with Crippen molar-refractivity contribution in [3.63, 3.8) is 0 Å². The largest absolute Gasteiger partial charge is 0.472 e. The summed E-state index contributed by atoms with van der Waals surface area (Å²) in [4.78, 5) is 72.7. The van der Waals surface area contributed by atoms with E-state index in [0.717, 1.165) is 148 Å². The SMILES string of the molecule is CC/C=C\C/C=C\C/C=C\C/C=C\C/C=C\CC(=O)OCC(COP(=O)(O)OCC(O)COP(=O)(O)OCC(COC(=O)CCCCCC/C=C\C/C=C\C/C=C\C/C=C\CC)OC(=O)CCCCCCC/C=C\C/C=C\CCCCC)OC(=O)CCCCCCCCCCCCC. The standard InChI is InChI=1S/C79H132O17P2/c1-5-9-13-17-21-25-29-32-35-36-39-41-45-48-52-56-60-64-77(82)90-70-75(96-79(84)66-62-58-54-50-46-42-38-34-31-27-23-19-15-11-7-3)72-94-98(87,88)92-68-73(80)67-91-97(85,86)93-71-74(95-78(83)65-61-57-53-49-43-28-24-20-16-12-8-4)69-89-76(81)63-59-55-51-47-44-40-37-33-30-26-22-18-14-10-6-2/h9-10,13-14,21-23,25-27,32-35,37-39,41,44,47,55,59,73-75,80H,5-8,11-12,15-20,24,28-31,36,40,42-43,45-46,48-54,56-58,60-72H2,1-4H3,(H,85,86)(H,87,88)/b13-9-,14-10-,25-21-,26-22-,27-23-,35-32-,37-33-,38-34-,41-39-,47-44-,59-55-. The van der Waals surface area contributed by atoms with E-state index in [-0.39, 0.29) is 25.7 Å². The van der Waals surface area contributed by atoms with Gasteiger partial charge >= 0.3 is 39.5 Å². The minimum Gasteiger partial charge on any atom is -0.462 e. The summed E-state index contributed by atoms with van der Waals surface area (Å²) in [5, 5.41) is 10.6. The maximum Gasteiger partial charge on any atom is 0.472 e. The van der Waals surface area contributed by atoms with E-state index in [2.05, 4.69) is 137 Å². The first-order valence-electron chi connectivity index (χ1n) is 37.4. The zero-order chi connectivity index (χ0) is 71.8. The molecule has 0 aromatic heterocycles. The molecule has 0 fully saturated rings. The lowest BCUT2D eigenvalue weighted by Crippen LogP contribution is -2.30. The van der Waals surface area contributed by atoms with Crippen molar-refractivity contribution in [1.29, 1.82) is 0 Å². The monoisotopic (exact) mass is 1410 g/mol. The molecule has 0 aliphatic heterocycles. The molecule has 19 heteroatoms. The third kappa shape index (κ3) is 69.7. The minimum atomic E-state index is -4.99. The van der Waals surface area contributed by atoms with Crippen LogP contribution in [0.15, 0.2) is 134 Å². The van der Waals surface area contributed by atoms with E-state index in [1.165, 1.54) is 57.8 Å². The van der Waals surface area contributed by atoms with Crippen molar-refractivity contribution >= 4 is 39.5 Å². The molecular weight excluding hydrogens is 1280 g/mol. The second kappa shape index (κ2) is 70.6. The van der Waals surface area contributed by atoms with Gasteiger partial charge < -0.3 is 33.8 Å². The predicted octanol–water partition coefficient (Wildman–Crippen LogP) is 21.3. The van der Waals surface area contributed by atoms with Crippen molar-refractivity contribution in [2.75, 3.05) is 39.6 Å². The lowest BCUT2D eigenvalue weighted by atomic mass is 10.1. The van der Waals surface area contributed by atoms with Crippen LogP contribution in [0.4, 0.5) is 0 Å². The van der Waals surface area contributed by atoms with Gasteiger partial charge in [-0.2, -0.15) is 0 Å². The molecule has 0 heterocycles. The highest BCUT2D eigenvalue weighted by Gasteiger charge is 2.30. The number of allylic oxidation sites excluding steroid dienone is 21. The van der Waals surface area contributed by atoms with Crippen LogP contribution in [0.5, 0.6) is 0 Å². The van der Waals surface area contributed by atoms with Crippen molar-refractivity contribution in [3.05, 3.63) is 134 Å². The van der Waals surface area contributed by atoms with E-state index in [4.69, 9.17) is 37.0 Å². The van der Waals surface area contributed by atoms with Gasteiger partial charge in [-0.3, -0.25) is 37.3 Å². The molecule has 98 heavy (non-hydrogen) atoms. The zero-order valence-corrected chi connectivity index (χ0v) is 62.7. The van der Waals surface area contributed by atoms with Crippen molar-refractivity contribution in [2.45, 2.75) is 303 Å². The second-order valence-electron chi connectivity index (χ2n) is 24.5. The molecule has 0 spiro atoms. The summed E-state index contributed by atoms with van der Waals surface area (Å²) in [6.45, 7) is 4.44. The predicted molar refractivity (Wildman–Crippen MR) is 399 cm³/mol. The molecule has 0 aliphatic rings. The Kier molecular flexibility index (Phi) is 67.2. The molecule has 0 aliphatic carbocycles. The van der Waals surface area contributed by atoms with Gasteiger partial charge in [-0.05, 0) is 122 Å². The lowest BCUT2D eigenvalue weighted by Gasteiger charge is -2.21. The smallest absolute Gasteiger partial charge is 0.462 e. The Balaban J connectivity index is 5.43. The maximum absolute atomic E-state index is 13.1. The number of unbranched alkanes of at least 4 members (excludes halogenated alkanes) is 22. The molecule has 0 radical (unpaired) electrons. The fourth-order valence-electron chi connectivity index (χ4n) is 9.49. The van der Waals surface area contributed by atoms with Crippen molar-refractivity contribution in [1.82, 2.24) is 0 Å². The van der Waals surface area contributed by atoms with E-state index in [1.54, 1.807) is 6.08 Å². The fourth-order valence-corrected chi connectivity index (χ4v) is 11.1. The number of hydrogen-bond acceptors (Lipinski definition) is 15. The molecule has 0 saturated heterocycles. The highest BCUT2D eigenvalue weighted by atomic mass is 31.2. The van der Waals surface area contributed by atoms with Gasteiger partial charge in [0.25, 0.3) is 0 Å². The summed E-state index contributed by atoms with van der Waals surface area (Å²) in [6.07, 6.45) is 77.6. The molecule has 0 aromatic carbocycles. The highest BCUT2D eigenvalue weighted by Crippen LogP contribution is 2.45. The van der Waals surface area contributed by atoms with Crippen LogP contribution in [-0.2, 0) is 65.4 Å². The van der Waals surface area contributed by atoms with E-state index in [1.807, 2.05) is 18.2 Å². The number of carbonyl (C=O) groups is 4. The van der Waals surface area contributed by atoms with Gasteiger partial charge in [-0.15, -0.1) is 0 Å². The third-order valence-electron chi connectivity index (χ3n) is 15.1. The molecule has 0 aromatic rings. The van der Waals surface area contributed by atoms with Gasteiger partial charge in [0.15, 0.2) is 12.2 Å². The van der Waals surface area contributed by atoms with E-state index >= 15 is 0 Å². The van der Waals surface area contributed by atoms with E-state index in [9.17, 15) is 43.2 Å². The molecule has 0 bridgehead atoms. The number of phosphoric acid groups is 2. The van der Waals surface area contributed by atoms with Crippen LogP contribution in [0.1, 0.15) is 285 Å². The second-order valence-corrected chi connectivity index (χ2v) is 27.4. The Morgan fingerprint density at radius 1 is 0.306 bits per heavy atom. The van der Waals surface area contributed by atoms with Gasteiger partial charge in [0.05, 0.1) is 32.8 Å². The Morgan fingerprint density at radius 2 is 0.571 bits per heavy atom. The summed E-state index contributed by atoms with van der Waals surface area (Å²) >= 11 is 0. The number of esters is 4. The van der Waals surface area contributed by atoms with Gasteiger partial charge in [-0.25, -0.2) is 9.13 Å². The van der Waals surface area contributed by atoms with Gasteiger partial charge in [-0.1, -0.05) is 271 Å². The topological polar surface area (TPSA) is 237 Å². The first-order valence-corrected chi connectivity index (χ1v) is 40.4. The van der Waals surface area contributed by atoms with Crippen LogP contribution in [0, 0.1) is 0 Å². The summed E-state index contributed by atoms with van der Waals surface area (Å²) in [5.41, 5.74) is 0. The number of phosphoric ester groups is 2. The molecule has 17 nitrogen and oxygen atoms in total. The number of ether oxygens (including phenoxy) is 4. The van der Waals surface area contributed by atoms with Crippen LogP contribution in [0.25, 0.3) is 0 Å². The summed E-state index contributed by atoms with van der Waals surface area (Å²) in [5.74, 6) is -2.37. The Labute approximate surface area is 593 Å². The number of aliphatic hydroxyl groups is 1. The van der Waals surface area contributed by atoms with Crippen LogP contribution < -0.4 is 0 Å². The quantitative estimate of drug-likeness (QED) is 0.0169. The zero-order valence-electron chi connectivity index (χ0n) is 60.9. The normalized spacial score (nSPS) is 14.7. The number of carbonyl (C=O) groups excluding carboxylic acids is 4. The summed E-state index contributed by atoms with van der Waals surface area (Å²) < 4.78 is 68.2. The molecule has 3 N–H and O–H groups in total. The number of aliphatic hydroxyl groups excluding tert-OH is 1. The number of hydrogen-bond donors (Lipinski definition) is 3. The Hall–Kier alpha value is -4.80. The summed E-state index contributed by atoms with van der Waals surface area (Å²) in [6, 6.07) is 0. The maximum atomic E-state index is 13.1. The van der Waals surface area contributed by atoms with E-state index in [0.29, 0.717) is 25.7 Å². The average Bonchev–Trinajstić information content (AvgIpc) is 0.985. The van der Waals surface area contributed by atoms with E-state index < -0.39 is 97.5 Å². The Morgan fingerprint density at radius 3 is 0.929 bits per heavy atom. The van der Waals surface area contributed by atoms with Crippen LogP contribution in [0.3, 0.4) is 0 Å². The Bertz CT molecular complexity index is 2380. The molecule has 0 rings (SSSR count). The third-order valence-corrected chi connectivity index (χ3v) is 17.0. The average molecular weight is 1420 g/mol. The van der Waals surface area contributed by atoms with Crippen LogP contribution >= 0.6 is 15.6 Å². The van der Waals surface area contributed by atoms with Crippen molar-refractivity contribution in [2.24, 2.45) is 0 Å². The summed E-state index contributed by atoms with van der Waals surface area (Å²) in [7, 11) is -9.98. The van der Waals surface area contributed by atoms with Crippen molar-refractivity contribution in [3.8, 4) is 0 Å². The first kappa shape index (κ1) is 93.2. The molecule has 560 valence electrons. The lowest BCUT2D eigenvalue weighted by molar-refractivity contribution is -0.161. The molecule has 0 amide bonds. The van der Waals surface area contributed by atoms with Gasteiger partial charge in [0.2, 0.25) is 0 Å². The van der Waals surface area contributed by atoms with Crippen molar-refractivity contribution < 1.29 is 80.2 Å². The first-order chi connectivity index (χ1) is 47.7. The minimum absolute atomic E-state index is 0.0684. The fraction of sp³-hybridized carbons (Fsp3) is 0.671. The molecule has 5 atom stereocenters. The molecule has 0 saturated carbocycles. The van der Waals surface area contributed by atoms with Crippen LogP contribution in [-0.4, -0.2) is 96.7 Å². The molecule has 5 unspecified atom stereocenters. The van der Waals surface area contributed by atoms with Gasteiger partial charge in [0.1, 0.15) is 19.3 Å².